The summed E-state index contributed by atoms with van der Waals surface area (Å²) >= 11 is 0. The lowest BCUT2D eigenvalue weighted by atomic mass is 10.2. The van der Waals surface area contributed by atoms with Crippen molar-refractivity contribution < 1.29 is 13.9 Å². The van der Waals surface area contributed by atoms with Gasteiger partial charge >= 0.3 is 0 Å². The molecule has 0 spiro atoms. The Hall–Kier alpha value is -4.00. The van der Waals surface area contributed by atoms with E-state index in [-0.39, 0.29) is 11.6 Å². The number of hydrogen-bond acceptors (Lipinski definition) is 4. The number of para-hydroxylation sites is 1. The van der Waals surface area contributed by atoms with Gasteiger partial charge in [-0.3, -0.25) is 4.79 Å². The van der Waals surface area contributed by atoms with Gasteiger partial charge in [0.25, 0.3) is 5.91 Å². The van der Waals surface area contributed by atoms with E-state index in [9.17, 15) is 9.18 Å². The van der Waals surface area contributed by atoms with Gasteiger partial charge in [-0.1, -0.05) is 18.2 Å². The number of aromatic nitrogens is 3. The van der Waals surface area contributed by atoms with E-state index in [2.05, 4.69) is 15.4 Å². The third-order valence-electron chi connectivity index (χ3n) is 4.34. The summed E-state index contributed by atoms with van der Waals surface area (Å²) < 4.78 is 20.3. The van der Waals surface area contributed by atoms with E-state index < -0.39 is 5.91 Å². The molecule has 4 aromatic rings. The number of rotatable bonds is 6. The van der Waals surface area contributed by atoms with Crippen molar-refractivity contribution in [3.8, 4) is 22.8 Å². The first-order valence-corrected chi connectivity index (χ1v) is 9.46. The molecule has 1 N–H and O–H groups in total. The largest absolute Gasteiger partial charge is 0.494 e. The second-order valence-electron chi connectivity index (χ2n) is 6.42. The van der Waals surface area contributed by atoms with Gasteiger partial charge in [0.1, 0.15) is 11.6 Å². The molecule has 1 aromatic heterocycles. The molecule has 6 nitrogen and oxygen atoms in total. The molecule has 0 radical (unpaired) electrons. The van der Waals surface area contributed by atoms with Crippen LogP contribution in [0.3, 0.4) is 0 Å². The predicted octanol–water partition coefficient (Wildman–Crippen LogP) is 4.72. The molecule has 0 saturated carbocycles. The fraction of sp³-hybridized carbons (Fsp3) is 0.0870. The second-order valence-corrected chi connectivity index (χ2v) is 6.42. The predicted molar refractivity (Wildman–Crippen MR) is 112 cm³/mol. The maximum Gasteiger partial charge on any atom is 0.295 e. The Kier molecular flexibility index (Phi) is 5.52. The number of amides is 1. The Morgan fingerprint density at radius 3 is 2.37 bits per heavy atom. The van der Waals surface area contributed by atoms with Crippen molar-refractivity contribution in [1.82, 2.24) is 14.8 Å². The zero-order valence-corrected chi connectivity index (χ0v) is 16.2. The Balaban J connectivity index is 1.66. The molecule has 30 heavy (non-hydrogen) atoms. The first kappa shape index (κ1) is 19.3. The summed E-state index contributed by atoms with van der Waals surface area (Å²) in [6.07, 6.45) is 0. The molecule has 3 aromatic carbocycles. The van der Waals surface area contributed by atoms with Crippen molar-refractivity contribution in [2.24, 2.45) is 0 Å². The third kappa shape index (κ3) is 4.20. The van der Waals surface area contributed by atoms with Gasteiger partial charge < -0.3 is 10.1 Å². The number of benzene rings is 3. The lowest BCUT2D eigenvalue weighted by Crippen LogP contribution is -2.14. The van der Waals surface area contributed by atoms with Gasteiger partial charge in [0, 0.05) is 11.3 Å². The average molecular weight is 402 g/mol. The average Bonchev–Trinajstić information content (AvgIpc) is 3.22. The van der Waals surface area contributed by atoms with Crippen molar-refractivity contribution in [1.29, 1.82) is 0 Å². The molecule has 0 unspecified atom stereocenters. The van der Waals surface area contributed by atoms with Crippen LogP contribution in [-0.4, -0.2) is 27.3 Å². The minimum atomic E-state index is -0.447. The van der Waals surface area contributed by atoms with Crippen molar-refractivity contribution in [2.45, 2.75) is 6.92 Å². The first-order chi connectivity index (χ1) is 14.6. The number of ether oxygens (including phenoxy) is 1. The Labute approximate surface area is 173 Å². The fourth-order valence-corrected chi connectivity index (χ4v) is 2.93. The Morgan fingerprint density at radius 1 is 1.00 bits per heavy atom. The van der Waals surface area contributed by atoms with Gasteiger partial charge in [0.15, 0.2) is 5.82 Å². The number of hydrogen-bond donors (Lipinski definition) is 1. The summed E-state index contributed by atoms with van der Waals surface area (Å²) in [7, 11) is 0. The van der Waals surface area contributed by atoms with E-state index in [1.165, 1.54) is 12.1 Å². The third-order valence-corrected chi connectivity index (χ3v) is 4.34. The first-order valence-electron chi connectivity index (χ1n) is 9.46. The number of nitrogens with one attached hydrogen (secondary N) is 1. The number of halogens is 1. The van der Waals surface area contributed by atoms with Gasteiger partial charge in [-0.15, -0.1) is 5.10 Å². The topological polar surface area (TPSA) is 69.0 Å². The molecular formula is C23H19FN4O2. The summed E-state index contributed by atoms with van der Waals surface area (Å²) in [4.78, 5) is 17.2. The van der Waals surface area contributed by atoms with Gasteiger partial charge in [0.2, 0.25) is 5.82 Å². The zero-order valence-electron chi connectivity index (χ0n) is 16.2. The van der Waals surface area contributed by atoms with Crippen LogP contribution in [-0.2, 0) is 0 Å². The molecule has 0 aliphatic carbocycles. The van der Waals surface area contributed by atoms with Crippen LogP contribution >= 0.6 is 0 Å². The monoisotopic (exact) mass is 402 g/mol. The highest BCUT2D eigenvalue weighted by Gasteiger charge is 2.19. The van der Waals surface area contributed by atoms with Crippen LogP contribution in [0.5, 0.6) is 5.75 Å². The maximum atomic E-state index is 13.4. The van der Waals surface area contributed by atoms with Crippen LogP contribution < -0.4 is 10.1 Å². The molecule has 1 heterocycles. The van der Waals surface area contributed by atoms with Gasteiger partial charge in [-0.25, -0.2) is 14.1 Å². The normalized spacial score (nSPS) is 10.6. The minimum absolute atomic E-state index is 0.00654. The van der Waals surface area contributed by atoms with Crippen molar-refractivity contribution in [2.75, 3.05) is 11.9 Å². The number of anilines is 1. The Morgan fingerprint density at radius 2 is 1.70 bits per heavy atom. The molecule has 7 heteroatoms. The highest BCUT2D eigenvalue weighted by atomic mass is 19.1. The minimum Gasteiger partial charge on any atom is -0.494 e. The second kappa shape index (κ2) is 8.57. The smallest absolute Gasteiger partial charge is 0.295 e. The molecule has 0 bridgehead atoms. The SMILES string of the molecule is CCOc1ccc(NC(=O)c2nc(-c3ccc(F)cc3)n(-c3ccccc3)n2)cc1. The van der Waals surface area contributed by atoms with Gasteiger partial charge in [-0.2, -0.15) is 0 Å². The van der Waals surface area contributed by atoms with Crippen molar-refractivity contribution in [3.05, 3.63) is 90.5 Å². The molecule has 150 valence electrons. The van der Waals surface area contributed by atoms with Crippen molar-refractivity contribution >= 4 is 11.6 Å². The standard InChI is InChI=1S/C23H19FN4O2/c1-2-30-20-14-12-18(13-15-20)25-23(29)21-26-22(16-8-10-17(24)11-9-16)28(27-21)19-6-4-3-5-7-19/h3-15H,2H2,1H3,(H,25,29). The van der Waals surface area contributed by atoms with Crippen molar-refractivity contribution in [3.63, 3.8) is 0 Å². The summed E-state index contributed by atoms with van der Waals surface area (Å²) in [5.41, 5.74) is 1.99. The molecule has 0 atom stereocenters. The lowest BCUT2D eigenvalue weighted by molar-refractivity contribution is 0.101. The summed E-state index contributed by atoms with van der Waals surface area (Å²) in [6.45, 7) is 2.47. The fourth-order valence-electron chi connectivity index (χ4n) is 2.93. The quantitative estimate of drug-likeness (QED) is 0.506. The molecule has 4 rings (SSSR count). The molecular weight excluding hydrogens is 383 g/mol. The van der Waals surface area contributed by atoms with Gasteiger partial charge in [0.05, 0.1) is 12.3 Å². The number of nitrogens with zero attached hydrogens (tertiary/aromatic N) is 3. The van der Waals surface area contributed by atoms with E-state index in [1.807, 2.05) is 37.3 Å². The van der Waals surface area contributed by atoms with E-state index in [0.29, 0.717) is 23.7 Å². The Bertz CT molecular complexity index is 1140. The van der Waals surface area contributed by atoms with Gasteiger partial charge in [-0.05, 0) is 67.6 Å². The van der Waals surface area contributed by atoms with E-state index in [1.54, 1.807) is 41.1 Å². The van der Waals surface area contributed by atoms with E-state index in [0.717, 1.165) is 11.4 Å². The highest BCUT2D eigenvalue weighted by molar-refractivity contribution is 6.01. The molecule has 0 fully saturated rings. The number of carbonyl (C=O) groups excluding carboxylic acids is 1. The molecule has 0 aliphatic heterocycles. The van der Waals surface area contributed by atoms with E-state index >= 15 is 0 Å². The summed E-state index contributed by atoms with van der Waals surface area (Å²) in [5.74, 6) is 0.376. The maximum absolute atomic E-state index is 13.4. The summed E-state index contributed by atoms with van der Waals surface area (Å²) in [5, 5.41) is 7.18. The zero-order chi connectivity index (χ0) is 20.9. The van der Waals surface area contributed by atoms with Crippen LogP contribution in [0.2, 0.25) is 0 Å². The highest BCUT2D eigenvalue weighted by Crippen LogP contribution is 2.22. The van der Waals surface area contributed by atoms with Crippen LogP contribution in [0.25, 0.3) is 17.1 Å². The molecule has 0 saturated heterocycles. The molecule has 0 aliphatic rings. The van der Waals surface area contributed by atoms with E-state index in [4.69, 9.17) is 4.74 Å². The van der Waals surface area contributed by atoms with Crippen LogP contribution in [0.4, 0.5) is 10.1 Å². The lowest BCUT2D eigenvalue weighted by Gasteiger charge is -2.05. The van der Waals surface area contributed by atoms with Crippen LogP contribution in [0.1, 0.15) is 17.5 Å². The van der Waals surface area contributed by atoms with Crippen LogP contribution in [0, 0.1) is 5.82 Å². The number of carbonyl (C=O) groups is 1. The molecule has 1 amide bonds. The van der Waals surface area contributed by atoms with Crippen LogP contribution in [0.15, 0.2) is 78.9 Å². The summed E-state index contributed by atoms with van der Waals surface area (Å²) in [6, 6.07) is 22.3.